The van der Waals surface area contributed by atoms with Gasteiger partial charge in [-0.2, -0.15) is 5.43 Å². The molecule has 11 heteroatoms. The molecule has 8 rings (SSSR count). The molecule has 4 fully saturated rings. The number of amides is 1. The van der Waals surface area contributed by atoms with E-state index in [1.807, 2.05) is 41.6 Å². The largest absolute Gasteiger partial charge is 0.371 e. The highest BCUT2D eigenvalue weighted by Gasteiger charge is 2.85. The van der Waals surface area contributed by atoms with Crippen molar-refractivity contribution in [3.8, 4) is 0 Å². The van der Waals surface area contributed by atoms with E-state index in [0.29, 0.717) is 33.6 Å². The fourth-order valence-corrected chi connectivity index (χ4v) is 9.18. The average Bonchev–Trinajstić information content (AvgIpc) is 3.94. The number of carbonyl (C=O) groups is 1. The Morgan fingerprint density at radius 3 is 2.72 bits per heavy atom. The smallest absolute Gasteiger partial charge is 0.265 e. The second kappa shape index (κ2) is 10.1. The van der Waals surface area contributed by atoms with Crippen molar-refractivity contribution in [2.75, 3.05) is 34.9 Å². The van der Waals surface area contributed by atoms with Gasteiger partial charge in [0, 0.05) is 43.4 Å². The summed E-state index contributed by atoms with van der Waals surface area (Å²) in [6, 6.07) is 7.44. The molecule has 6 aliphatic rings. The molecule has 2 atom stereocenters. The number of nitrogens with zero attached hydrogens (tertiary/aromatic N) is 4. The topological polar surface area (TPSA) is 94.7 Å². The van der Waals surface area contributed by atoms with E-state index in [1.54, 1.807) is 0 Å². The predicted octanol–water partition coefficient (Wildman–Crippen LogP) is 4.28. The van der Waals surface area contributed by atoms with Gasteiger partial charge in [0.05, 0.1) is 5.56 Å². The molecule has 2 unspecified atom stereocenters. The molecule has 1 amide bonds. The number of rotatable bonds is 5. The quantitative estimate of drug-likeness (QED) is 0.345. The van der Waals surface area contributed by atoms with Crippen LogP contribution < -0.4 is 30.8 Å². The van der Waals surface area contributed by atoms with E-state index in [2.05, 4.69) is 39.2 Å². The molecule has 0 aromatic carbocycles. The Bertz CT molecular complexity index is 1460. The molecule has 3 aliphatic heterocycles. The molecule has 3 aliphatic carbocycles. The summed E-state index contributed by atoms with van der Waals surface area (Å²) < 4.78 is 9.24. The molecule has 2 aromatic heterocycles. The zero-order valence-corrected chi connectivity index (χ0v) is 25.9. The van der Waals surface area contributed by atoms with Crippen LogP contribution in [0.15, 0.2) is 41.6 Å². The van der Waals surface area contributed by atoms with Crippen molar-refractivity contribution in [1.29, 1.82) is 0 Å². The number of hydrogen-bond acceptors (Lipinski definition) is 9. The van der Waals surface area contributed by atoms with Crippen molar-refractivity contribution in [1.82, 2.24) is 20.1 Å². The van der Waals surface area contributed by atoms with E-state index in [0.717, 1.165) is 61.5 Å². The Labute approximate surface area is 259 Å². The van der Waals surface area contributed by atoms with Crippen molar-refractivity contribution in [3.63, 3.8) is 0 Å². The lowest BCUT2D eigenvalue weighted by Crippen LogP contribution is -2.41. The maximum absolute atomic E-state index is 13.6. The zero-order valence-electron chi connectivity index (χ0n) is 25.1. The van der Waals surface area contributed by atoms with E-state index in [-0.39, 0.29) is 17.7 Å². The lowest BCUT2D eigenvalue weighted by Gasteiger charge is -2.34. The lowest BCUT2D eigenvalue weighted by molar-refractivity contribution is 0.0624. The van der Waals surface area contributed by atoms with E-state index in [9.17, 15) is 4.79 Å². The van der Waals surface area contributed by atoms with Crippen molar-refractivity contribution < 1.29 is 9.53 Å². The molecule has 3 saturated carbocycles. The minimum Gasteiger partial charge on any atom is -0.371 e. The molecular formula is C32H40BN7O2S. The summed E-state index contributed by atoms with van der Waals surface area (Å²) in [5.41, 5.74) is 5.90. The molecule has 1 saturated heterocycles. The van der Waals surface area contributed by atoms with Crippen molar-refractivity contribution in [2.45, 2.75) is 82.0 Å². The third kappa shape index (κ3) is 4.82. The van der Waals surface area contributed by atoms with Crippen LogP contribution in [0, 0.1) is 22.7 Å². The number of fused-ring (bicyclic) bond motifs is 7. The van der Waals surface area contributed by atoms with Crippen LogP contribution in [-0.4, -0.2) is 55.2 Å². The summed E-state index contributed by atoms with van der Waals surface area (Å²) in [7, 11) is 6.16. The fraction of sp³-hybridized carbons (Fsp3) is 0.594. The molecule has 2 aromatic rings. The first-order valence-electron chi connectivity index (χ1n) is 15.9. The Hall–Kier alpha value is -2.76. The number of ether oxygens (including phenoxy) is 1. The number of pyridine rings is 2. The molecule has 4 bridgehead atoms. The minimum absolute atomic E-state index is 0.139. The van der Waals surface area contributed by atoms with Gasteiger partial charge in [-0.05, 0) is 112 Å². The first-order valence-corrected chi connectivity index (χ1v) is 16.7. The molecule has 224 valence electrons. The zero-order chi connectivity index (χ0) is 29.4. The third-order valence-electron chi connectivity index (χ3n) is 11.0. The van der Waals surface area contributed by atoms with Gasteiger partial charge < -0.3 is 15.0 Å². The summed E-state index contributed by atoms with van der Waals surface area (Å²) in [6.45, 7) is 6.94. The van der Waals surface area contributed by atoms with Crippen LogP contribution in [0.3, 0.4) is 0 Å². The van der Waals surface area contributed by atoms with E-state index in [1.165, 1.54) is 44.1 Å². The molecule has 3 N–H and O–H groups in total. The summed E-state index contributed by atoms with van der Waals surface area (Å²) >= 11 is 1.19. The molecular weight excluding hydrogens is 557 g/mol. The maximum Gasteiger partial charge on any atom is 0.265 e. The standard InChI is InChI=1S/C32H40BN7O2S/c1-30(2)18-20-4-3-15-34-27-22(33)6-8-26(36-27)43-38-29(41)21-5-7-24(35-28(21)39(30)19-20)40-16-9-25(37-40)42-17-10-23-31(11-12-31)32(23)13-14-32/h5-9,16,20,23,25,37H,3-4,10-15,17-19H2,1-2H3,(H,34,36)(H,38,41). The molecule has 9 nitrogen and oxygen atoms in total. The summed E-state index contributed by atoms with van der Waals surface area (Å²) in [4.78, 5) is 25.7. The van der Waals surface area contributed by atoms with Gasteiger partial charge in [0.15, 0.2) is 0 Å². The van der Waals surface area contributed by atoms with E-state index in [4.69, 9.17) is 17.6 Å². The Morgan fingerprint density at radius 1 is 1.12 bits per heavy atom. The summed E-state index contributed by atoms with van der Waals surface area (Å²) in [5.74, 6) is 3.29. The van der Waals surface area contributed by atoms with Gasteiger partial charge in [-0.1, -0.05) is 11.5 Å². The SMILES string of the molecule is [B]c1ccc2nc1NCCCC1CN(c3nc(N4C=CC(OCCC5C6(CC6)C56CC6)N4)ccc3C(=O)NS2)C(C)(C)C1. The van der Waals surface area contributed by atoms with Crippen LogP contribution in [0.4, 0.5) is 17.5 Å². The average molecular weight is 598 g/mol. The Balaban J connectivity index is 1.00. The van der Waals surface area contributed by atoms with Gasteiger partial charge in [-0.25, -0.2) is 9.97 Å². The monoisotopic (exact) mass is 597 g/mol. The van der Waals surface area contributed by atoms with Crippen LogP contribution in [0.1, 0.15) is 75.6 Å². The molecule has 2 radical (unpaired) electrons. The number of hydrazine groups is 1. The van der Waals surface area contributed by atoms with Gasteiger partial charge >= 0.3 is 0 Å². The van der Waals surface area contributed by atoms with Gasteiger partial charge in [-0.3, -0.25) is 14.5 Å². The van der Waals surface area contributed by atoms with E-state index >= 15 is 0 Å². The van der Waals surface area contributed by atoms with Crippen LogP contribution >= 0.6 is 11.9 Å². The summed E-state index contributed by atoms with van der Waals surface area (Å²) in [6.07, 6.45) is 13.9. The van der Waals surface area contributed by atoms with Crippen LogP contribution in [0.25, 0.3) is 0 Å². The highest BCUT2D eigenvalue weighted by molar-refractivity contribution is 7.97. The number of aromatic nitrogens is 2. The summed E-state index contributed by atoms with van der Waals surface area (Å²) in [5, 5.41) is 5.98. The molecule has 2 spiro atoms. The lowest BCUT2D eigenvalue weighted by atomic mass is 9.93. The minimum atomic E-state index is -0.200. The highest BCUT2D eigenvalue weighted by Crippen LogP contribution is 2.93. The first kappa shape index (κ1) is 27.8. The number of anilines is 3. The van der Waals surface area contributed by atoms with Gasteiger partial charge in [0.2, 0.25) is 0 Å². The Kier molecular flexibility index (Phi) is 6.55. The van der Waals surface area contributed by atoms with Gasteiger partial charge in [0.25, 0.3) is 5.91 Å². The van der Waals surface area contributed by atoms with Crippen LogP contribution in [-0.2, 0) is 4.74 Å². The highest BCUT2D eigenvalue weighted by atomic mass is 32.2. The first-order chi connectivity index (χ1) is 20.8. The second-order valence-electron chi connectivity index (χ2n) is 14.0. The second-order valence-corrected chi connectivity index (χ2v) is 14.8. The number of nitrogens with one attached hydrogen (secondary N) is 3. The van der Waals surface area contributed by atoms with Crippen molar-refractivity contribution in [2.24, 2.45) is 22.7 Å². The maximum atomic E-state index is 13.6. The predicted molar refractivity (Wildman–Crippen MR) is 170 cm³/mol. The van der Waals surface area contributed by atoms with E-state index < -0.39 is 0 Å². The van der Waals surface area contributed by atoms with Crippen LogP contribution in [0.5, 0.6) is 0 Å². The van der Waals surface area contributed by atoms with Gasteiger partial charge in [-0.15, -0.1) is 0 Å². The number of hydrogen-bond donors (Lipinski definition) is 3. The normalized spacial score (nSPS) is 27.8. The third-order valence-corrected chi connectivity index (χ3v) is 11.7. The van der Waals surface area contributed by atoms with Crippen LogP contribution in [0.2, 0.25) is 0 Å². The molecule has 43 heavy (non-hydrogen) atoms. The number of carbonyl (C=O) groups excluding carboxylic acids is 1. The fourth-order valence-electron chi connectivity index (χ4n) is 8.60. The van der Waals surface area contributed by atoms with Crippen molar-refractivity contribution in [3.05, 3.63) is 42.1 Å². The van der Waals surface area contributed by atoms with Gasteiger partial charge in [0.1, 0.15) is 36.6 Å². The molecule has 5 heterocycles. The van der Waals surface area contributed by atoms with Crippen molar-refractivity contribution >= 4 is 48.6 Å². The Morgan fingerprint density at radius 2 is 1.93 bits per heavy atom.